The summed E-state index contributed by atoms with van der Waals surface area (Å²) in [5, 5.41) is 0. The highest BCUT2D eigenvalue weighted by Crippen LogP contribution is 2.37. The summed E-state index contributed by atoms with van der Waals surface area (Å²) in [5.74, 6) is 0.889. The van der Waals surface area contributed by atoms with E-state index in [1.807, 2.05) is 18.2 Å². The molecule has 2 N–H and O–H groups in total. The van der Waals surface area contributed by atoms with Gasteiger partial charge in [0.1, 0.15) is 11.9 Å². The zero-order chi connectivity index (χ0) is 13.3. The summed E-state index contributed by atoms with van der Waals surface area (Å²) in [6, 6.07) is 6.06. The number of ether oxygens (including phenoxy) is 2. The highest BCUT2D eigenvalue weighted by atomic mass is 79.9. The summed E-state index contributed by atoms with van der Waals surface area (Å²) in [5.41, 5.74) is 7.11. The van der Waals surface area contributed by atoms with E-state index in [-0.39, 0.29) is 17.7 Å². The van der Waals surface area contributed by atoms with Gasteiger partial charge in [0, 0.05) is 36.0 Å². The maximum atomic E-state index is 6.21. The number of halogens is 1. The predicted octanol–water partition coefficient (Wildman–Crippen LogP) is 3.42. The van der Waals surface area contributed by atoms with Gasteiger partial charge in [0.05, 0.1) is 5.60 Å². The Morgan fingerprint density at radius 3 is 2.89 bits per heavy atom. The first kappa shape index (κ1) is 13.8. The van der Waals surface area contributed by atoms with Crippen molar-refractivity contribution >= 4 is 15.9 Å². The van der Waals surface area contributed by atoms with Gasteiger partial charge in [0.25, 0.3) is 0 Å². The van der Waals surface area contributed by atoms with Gasteiger partial charge in [-0.2, -0.15) is 0 Å². The highest BCUT2D eigenvalue weighted by molar-refractivity contribution is 9.10. The second-order valence-electron chi connectivity index (χ2n) is 5.43. The lowest BCUT2D eigenvalue weighted by atomic mass is 9.91. The van der Waals surface area contributed by atoms with E-state index in [2.05, 4.69) is 29.8 Å². The first-order valence-electron chi connectivity index (χ1n) is 6.18. The summed E-state index contributed by atoms with van der Waals surface area (Å²) in [6.45, 7) is 4.14. The molecule has 0 amide bonds. The minimum Gasteiger partial charge on any atom is -0.490 e. The molecule has 0 saturated carbocycles. The number of rotatable bonds is 3. The maximum absolute atomic E-state index is 6.21. The average molecular weight is 314 g/mol. The van der Waals surface area contributed by atoms with Crippen LogP contribution in [0.15, 0.2) is 22.7 Å². The molecule has 100 valence electrons. The molecule has 2 rings (SSSR count). The number of nitrogens with two attached hydrogens (primary N) is 1. The Hall–Kier alpha value is -0.580. The maximum Gasteiger partial charge on any atom is 0.125 e. The van der Waals surface area contributed by atoms with Gasteiger partial charge in [-0.25, -0.2) is 0 Å². The van der Waals surface area contributed by atoms with E-state index in [1.165, 1.54) is 0 Å². The third-order valence-corrected chi connectivity index (χ3v) is 3.95. The summed E-state index contributed by atoms with van der Waals surface area (Å²) in [6.07, 6.45) is 1.78. The van der Waals surface area contributed by atoms with Crippen LogP contribution in [0.4, 0.5) is 0 Å². The second-order valence-corrected chi connectivity index (χ2v) is 6.35. The summed E-state index contributed by atoms with van der Waals surface area (Å²) >= 11 is 3.46. The van der Waals surface area contributed by atoms with Crippen LogP contribution in [0.5, 0.6) is 5.75 Å². The van der Waals surface area contributed by atoms with E-state index in [0.717, 1.165) is 28.6 Å². The molecular formula is C14H20BrNO2. The van der Waals surface area contributed by atoms with E-state index in [9.17, 15) is 0 Å². The standard InChI is InChI=1S/C14H20BrNO2/c1-14(2,17-3)8-10-7-12(16)11-5-4-9(15)6-13(11)18-10/h4-6,10,12H,7-8,16H2,1-3H3. The van der Waals surface area contributed by atoms with E-state index in [0.29, 0.717) is 0 Å². The molecular weight excluding hydrogens is 294 g/mol. The Balaban J connectivity index is 2.17. The molecule has 0 aromatic heterocycles. The summed E-state index contributed by atoms with van der Waals surface area (Å²) in [4.78, 5) is 0. The monoisotopic (exact) mass is 313 g/mol. The van der Waals surface area contributed by atoms with Crippen LogP contribution in [0, 0.1) is 0 Å². The predicted molar refractivity (Wildman–Crippen MR) is 75.8 cm³/mol. The van der Waals surface area contributed by atoms with Gasteiger partial charge in [-0.15, -0.1) is 0 Å². The van der Waals surface area contributed by atoms with Crippen molar-refractivity contribution in [2.75, 3.05) is 7.11 Å². The number of hydrogen-bond acceptors (Lipinski definition) is 3. The van der Waals surface area contributed by atoms with Crippen molar-refractivity contribution in [1.29, 1.82) is 0 Å². The third-order valence-electron chi connectivity index (χ3n) is 3.46. The van der Waals surface area contributed by atoms with Crippen molar-refractivity contribution < 1.29 is 9.47 Å². The fourth-order valence-corrected chi connectivity index (χ4v) is 2.65. The minimum absolute atomic E-state index is 0.0412. The smallest absolute Gasteiger partial charge is 0.125 e. The van der Waals surface area contributed by atoms with Crippen molar-refractivity contribution in [2.24, 2.45) is 5.73 Å². The van der Waals surface area contributed by atoms with Gasteiger partial charge in [-0.3, -0.25) is 0 Å². The molecule has 1 aromatic rings. The number of hydrogen-bond donors (Lipinski definition) is 1. The Morgan fingerprint density at radius 1 is 1.50 bits per heavy atom. The molecule has 4 heteroatoms. The SMILES string of the molecule is COC(C)(C)CC1CC(N)c2ccc(Br)cc2O1. The number of benzene rings is 1. The molecule has 1 aromatic carbocycles. The van der Waals surface area contributed by atoms with E-state index in [1.54, 1.807) is 7.11 Å². The average Bonchev–Trinajstić information content (AvgIpc) is 2.27. The zero-order valence-electron chi connectivity index (χ0n) is 11.1. The second kappa shape index (κ2) is 5.19. The topological polar surface area (TPSA) is 44.5 Å². The molecule has 3 nitrogen and oxygen atoms in total. The summed E-state index contributed by atoms with van der Waals surface area (Å²) in [7, 11) is 1.73. The van der Waals surface area contributed by atoms with Crippen LogP contribution in [0.1, 0.15) is 38.3 Å². The van der Waals surface area contributed by atoms with E-state index < -0.39 is 0 Å². The first-order chi connectivity index (χ1) is 8.41. The van der Waals surface area contributed by atoms with E-state index in [4.69, 9.17) is 15.2 Å². The molecule has 0 radical (unpaired) electrons. The minimum atomic E-state index is -0.187. The van der Waals surface area contributed by atoms with Crippen molar-refractivity contribution in [2.45, 2.75) is 44.4 Å². The molecule has 1 heterocycles. The van der Waals surface area contributed by atoms with Crippen molar-refractivity contribution in [3.63, 3.8) is 0 Å². The number of fused-ring (bicyclic) bond motifs is 1. The first-order valence-corrected chi connectivity index (χ1v) is 6.97. The number of methoxy groups -OCH3 is 1. The van der Waals surface area contributed by atoms with Crippen molar-refractivity contribution in [3.05, 3.63) is 28.2 Å². The van der Waals surface area contributed by atoms with Crippen molar-refractivity contribution in [3.8, 4) is 5.75 Å². The normalized spacial score (nSPS) is 23.4. The summed E-state index contributed by atoms with van der Waals surface area (Å²) < 4.78 is 12.5. The fourth-order valence-electron chi connectivity index (χ4n) is 2.31. The van der Waals surface area contributed by atoms with Crippen LogP contribution in [0.2, 0.25) is 0 Å². The van der Waals surface area contributed by atoms with E-state index >= 15 is 0 Å². The molecule has 0 bridgehead atoms. The molecule has 18 heavy (non-hydrogen) atoms. The Morgan fingerprint density at radius 2 is 2.22 bits per heavy atom. The van der Waals surface area contributed by atoms with Crippen molar-refractivity contribution in [1.82, 2.24) is 0 Å². The van der Waals surface area contributed by atoms with Crippen LogP contribution in [0.25, 0.3) is 0 Å². The lowest BCUT2D eigenvalue weighted by Crippen LogP contribution is -2.36. The van der Waals surface area contributed by atoms with Crippen LogP contribution in [-0.4, -0.2) is 18.8 Å². The molecule has 0 aliphatic carbocycles. The highest BCUT2D eigenvalue weighted by Gasteiger charge is 2.31. The van der Waals surface area contributed by atoms with Gasteiger partial charge in [-0.1, -0.05) is 22.0 Å². The third kappa shape index (κ3) is 3.05. The van der Waals surface area contributed by atoms with Gasteiger partial charge in [0.2, 0.25) is 0 Å². The molecule has 0 saturated heterocycles. The molecule has 2 atom stereocenters. The largest absolute Gasteiger partial charge is 0.490 e. The molecule has 0 spiro atoms. The van der Waals surface area contributed by atoms with Gasteiger partial charge >= 0.3 is 0 Å². The van der Waals surface area contributed by atoms with Gasteiger partial charge in [-0.05, 0) is 26.0 Å². The fraction of sp³-hybridized carbons (Fsp3) is 0.571. The quantitative estimate of drug-likeness (QED) is 0.930. The molecule has 0 fully saturated rings. The lowest BCUT2D eigenvalue weighted by molar-refractivity contribution is -0.0194. The Kier molecular flexibility index (Phi) is 3.99. The van der Waals surface area contributed by atoms with Gasteiger partial charge in [0.15, 0.2) is 0 Å². The van der Waals surface area contributed by atoms with Crippen LogP contribution < -0.4 is 10.5 Å². The molecule has 1 aliphatic heterocycles. The lowest BCUT2D eigenvalue weighted by Gasteiger charge is -2.34. The zero-order valence-corrected chi connectivity index (χ0v) is 12.7. The molecule has 2 unspecified atom stereocenters. The van der Waals surface area contributed by atoms with Crippen LogP contribution in [0.3, 0.4) is 0 Å². The van der Waals surface area contributed by atoms with Crippen LogP contribution >= 0.6 is 15.9 Å². The molecule has 1 aliphatic rings. The Bertz CT molecular complexity index is 434. The van der Waals surface area contributed by atoms with Crippen LogP contribution in [-0.2, 0) is 4.74 Å². The Labute approximate surface area is 117 Å². The van der Waals surface area contributed by atoms with Gasteiger partial charge < -0.3 is 15.2 Å².